The Balaban J connectivity index is 1.51. The van der Waals surface area contributed by atoms with E-state index in [0.29, 0.717) is 36.1 Å². The highest BCUT2D eigenvalue weighted by molar-refractivity contribution is 7.20. The van der Waals surface area contributed by atoms with Crippen LogP contribution in [0.1, 0.15) is 25.6 Å². The fourth-order valence-electron chi connectivity index (χ4n) is 2.90. The van der Waals surface area contributed by atoms with Gasteiger partial charge in [-0.25, -0.2) is 4.79 Å². The molecule has 9 heteroatoms. The molecule has 0 atom stereocenters. The summed E-state index contributed by atoms with van der Waals surface area (Å²) in [6.07, 6.45) is 0. The molecule has 1 amide bonds. The number of amides is 1. The number of nitrogens with one attached hydrogen (secondary N) is 1. The zero-order chi connectivity index (χ0) is 22.7. The Morgan fingerprint density at radius 3 is 2.34 bits per heavy atom. The molecular weight excluding hydrogens is 489 g/mol. The standard InChI is InChI=1S/C23H15Cl2NO4S2/c24-17-3-1-4-18(25)16(17)12-30-14-8-6-13(7-9-14)20-11-15(23(28)29)22(32-20)26-21(27)19-5-2-10-31-19/h1-11H,12H2,(H,26,27)(H,28,29). The maximum absolute atomic E-state index is 12.4. The Hall–Kier alpha value is -2.84. The molecule has 4 rings (SSSR count). The van der Waals surface area contributed by atoms with Gasteiger partial charge in [0.2, 0.25) is 0 Å². The molecule has 32 heavy (non-hydrogen) atoms. The van der Waals surface area contributed by atoms with Gasteiger partial charge in [-0.3, -0.25) is 4.79 Å². The van der Waals surface area contributed by atoms with E-state index in [9.17, 15) is 14.7 Å². The number of ether oxygens (including phenoxy) is 1. The number of rotatable bonds is 7. The third kappa shape index (κ3) is 4.97. The van der Waals surface area contributed by atoms with Crippen LogP contribution in [0.3, 0.4) is 0 Å². The van der Waals surface area contributed by atoms with Crippen molar-refractivity contribution >= 4 is 62.8 Å². The fraction of sp³-hybridized carbons (Fsp3) is 0.0435. The van der Waals surface area contributed by atoms with Gasteiger partial charge in [0, 0.05) is 20.5 Å². The average molecular weight is 504 g/mol. The molecule has 0 bridgehead atoms. The van der Waals surface area contributed by atoms with E-state index in [0.717, 1.165) is 5.56 Å². The first kappa shape index (κ1) is 22.4. The number of thiophene rings is 2. The monoisotopic (exact) mass is 503 g/mol. The second kappa shape index (κ2) is 9.75. The van der Waals surface area contributed by atoms with Gasteiger partial charge in [0.25, 0.3) is 5.91 Å². The summed E-state index contributed by atoms with van der Waals surface area (Å²) >= 11 is 14.8. The van der Waals surface area contributed by atoms with E-state index in [1.54, 1.807) is 53.9 Å². The Morgan fingerprint density at radius 2 is 1.72 bits per heavy atom. The normalized spacial score (nSPS) is 10.7. The summed E-state index contributed by atoms with van der Waals surface area (Å²) in [5.74, 6) is -0.825. The van der Waals surface area contributed by atoms with E-state index in [1.807, 2.05) is 12.1 Å². The van der Waals surface area contributed by atoms with Crippen LogP contribution in [-0.2, 0) is 6.61 Å². The van der Waals surface area contributed by atoms with Crippen molar-refractivity contribution in [1.82, 2.24) is 0 Å². The van der Waals surface area contributed by atoms with Crippen molar-refractivity contribution in [3.05, 3.63) is 92.1 Å². The third-order valence-corrected chi connectivity index (χ3v) is 7.19. The smallest absolute Gasteiger partial charge is 0.338 e. The van der Waals surface area contributed by atoms with Crippen LogP contribution in [0.15, 0.2) is 66.0 Å². The highest BCUT2D eigenvalue weighted by atomic mass is 35.5. The summed E-state index contributed by atoms with van der Waals surface area (Å²) in [5, 5.41) is 15.4. The average Bonchev–Trinajstić information content (AvgIpc) is 3.44. The first-order valence-corrected chi connectivity index (χ1v) is 11.8. The van der Waals surface area contributed by atoms with Gasteiger partial charge in [0.1, 0.15) is 17.4 Å². The summed E-state index contributed by atoms with van der Waals surface area (Å²) in [6.45, 7) is 0.221. The number of hydrogen-bond donors (Lipinski definition) is 2. The SMILES string of the molecule is O=C(Nc1sc(-c2ccc(OCc3c(Cl)cccc3Cl)cc2)cc1C(=O)O)c1cccs1. The van der Waals surface area contributed by atoms with E-state index in [2.05, 4.69) is 5.32 Å². The number of aromatic carboxylic acids is 1. The predicted octanol–water partition coefficient (Wildman–Crippen LogP) is 7.31. The van der Waals surface area contributed by atoms with Gasteiger partial charge in [0.15, 0.2) is 0 Å². The van der Waals surface area contributed by atoms with Crippen LogP contribution in [0.2, 0.25) is 10.0 Å². The van der Waals surface area contributed by atoms with E-state index in [4.69, 9.17) is 27.9 Å². The largest absolute Gasteiger partial charge is 0.489 e. The Morgan fingerprint density at radius 1 is 1.00 bits per heavy atom. The molecular formula is C23H15Cl2NO4S2. The molecule has 162 valence electrons. The number of carboxylic acid groups (broad SMARTS) is 1. The van der Waals surface area contributed by atoms with Crippen molar-refractivity contribution in [3.8, 4) is 16.2 Å². The minimum atomic E-state index is -1.11. The first-order valence-electron chi connectivity index (χ1n) is 9.30. The molecule has 2 N–H and O–H groups in total. The molecule has 0 aliphatic carbocycles. The molecule has 2 aromatic carbocycles. The molecule has 0 radical (unpaired) electrons. The fourth-order valence-corrected chi connectivity index (χ4v) is 5.07. The lowest BCUT2D eigenvalue weighted by Crippen LogP contribution is -2.11. The molecule has 2 aromatic heterocycles. The number of benzene rings is 2. The van der Waals surface area contributed by atoms with E-state index in [1.165, 1.54) is 22.7 Å². The summed E-state index contributed by atoms with van der Waals surface area (Å²) in [4.78, 5) is 25.3. The second-order valence-electron chi connectivity index (χ2n) is 6.60. The van der Waals surface area contributed by atoms with Crippen LogP contribution in [0, 0.1) is 0 Å². The summed E-state index contributed by atoms with van der Waals surface area (Å²) in [6, 6.07) is 17.5. The number of anilines is 1. The van der Waals surface area contributed by atoms with Gasteiger partial charge < -0.3 is 15.2 Å². The lowest BCUT2D eigenvalue weighted by Gasteiger charge is -2.10. The van der Waals surface area contributed by atoms with Crippen LogP contribution in [0.4, 0.5) is 5.00 Å². The molecule has 0 saturated heterocycles. The Kier molecular flexibility index (Phi) is 6.81. The Labute approximate surface area is 201 Å². The van der Waals surface area contributed by atoms with Gasteiger partial charge in [-0.1, -0.05) is 35.3 Å². The molecule has 0 spiro atoms. The molecule has 4 aromatic rings. The number of carboxylic acids is 1. The highest BCUT2D eigenvalue weighted by Gasteiger charge is 2.19. The quantitative estimate of drug-likeness (QED) is 0.277. The summed E-state index contributed by atoms with van der Waals surface area (Å²) < 4.78 is 5.79. The van der Waals surface area contributed by atoms with Crippen molar-refractivity contribution in [1.29, 1.82) is 0 Å². The molecule has 2 heterocycles. The number of halogens is 2. The van der Waals surface area contributed by atoms with Crippen LogP contribution in [-0.4, -0.2) is 17.0 Å². The lowest BCUT2D eigenvalue weighted by atomic mass is 10.1. The second-order valence-corrected chi connectivity index (χ2v) is 9.42. The number of carbonyl (C=O) groups excluding carboxylic acids is 1. The maximum Gasteiger partial charge on any atom is 0.338 e. The molecule has 0 aliphatic heterocycles. The predicted molar refractivity (Wildman–Crippen MR) is 130 cm³/mol. The highest BCUT2D eigenvalue weighted by Crippen LogP contribution is 2.37. The maximum atomic E-state index is 12.4. The Bertz CT molecular complexity index is 1250. The molecule has 5 nitrogen and oxygen atoms in total. The first-order chi connectivity index (χ1) is 15.4. The van der Waals surface area contributed by atoms with Crippen molar-refractivity contribution in [2.75, 3.05) is 5.32 Å². The van der Waals surface area contributed by atoms with Gasteiger partial charge >= 0.3 is 5.97 Å². The van der Waals surface area contributed by atoms with Gasteiger partial charge in [-0.05, 0) is 59.5 Å². The van der Waals surface area contributed by atoms with Gasteiger partial charge in [-0.2, -0.15) is 0 Å². The summed E-state index contributed by atoms with van der Waals surface area (Å²) in [5.41, 5.74) is 1.55. The molecule has 0 aliphatic rings. The van der Waals surface area contributed by atoms with Crippen LogP contribution in [0.5, 0.6) is 5.75 Å². The zero-order valence-electron chi connectivity index (χ0n) is 16.3. The van der Waals surface area contributed by atoms with Crippen molar-refractivity contribution in [3.63, 3.8) is 0 Å². The van der Waals surface area contributed by atoms with Crippen molar-refractivity contribution < 1.29 is 19.4 Å². The van der Waals surface area contributed by atoms with Crippen LogP contribution >= 0.6 is 45.9 Å². The zero-order valence-corrected chi connectivity index (χ0v) is 19.4. The molecule has 0 saturated carbocycles. The molecule has 0 fully saturated rings. The van der Waals surface area contributed by atoms with Gasteiger partial charge in [-0.15, -0.1) is 22.7 Å². The minimum Gasteiger partial charge on any atom is -0.489 e. The lowest BCUT2D eigenvalue weighted by molar-refractivity contribution is 0.0698. The van der Waals surface area contributed by atoms with Crippen LogP contribution in [0.25, 0.3) is 10.4 Å². The van der Waals surface area contributed by atoms with Crippen molar-refractivity contribution in [2.24, 2.45) is 0 Å². The van der Waals surface area contributed by atoms with E-state index >= 15 is 0 Å². The summed E-state index contributed by atoms with van der Waals surface area (Å²) in [7, 11) is 0. The van der Waals surface area contributed by atoms with E-state index < -0.39 is 5.97 Å². The number of hydrogen-bond acceptors (Lipinski definition) is 5. The van der Waals surface area contributed by atoms with Gasteiger partial charge in [0.05, 0.1) is 10.4 Å². The third-order valence-electron chi connectivity index (χ3n) is 4.52. The minimum absolute atomic E-state index is 0.0450. The topological polar surface area (TPSA) is 75.6 Å². The van der Waals surface area contributed by atoms with Crippen LogP contribution < -0.4 is 10.1 Å². The van der Waals surface area contributed by atoms with Crippen molar-refractivity contribution in [2.45, 2.75) is 6.61 Å². The number of carbonyl (C=O) groups is 2. The molecule has 0 unspecified atom stereocenters. The van der Waals surface area contributed by atoms with E-state index in [-0.39, 0.29) is 18.1 Å².